The molecule has 0 atom stereocenters. The van der Waals surface area contributed by atoms with Gasteiger partial charge >= 0.3 is 0 Å². The lowest BCUT2D eigenvalue weighted by atomic mass is 10.3. The highest BCUT2D eigenvalue weighted by atomic mass is 16.5. The van der Waals surface area contributed by atoms with Crippen LogP contribution in [-0.4, -0.2) is 24.8 Å². The van der Waals surface area contributed by atoms with Gasteiger partial charge in [0.05, 0.1) is 25.2 Å². The zero-order valence-electron chi connectivity index (χ0n) is 9.13. The highest BCUT2D eigenvalue weighted by Crippen LogP contribution is 2.03. The van der Waals surface area contributed by atoms with E-state index in [1.165, 1.54) is 0 Å². The minimum Gasteiger partial charge on any atom is -0.390 e. The van der Waals surface area contributed by atoms with Crippen LogP contribution in [0.4, 0.5) is 0 Å². The predicted molar refractivity (Wildman–Crippen MR) is 55.5 cm³/mol. The van der Waals surface area contributed by atoms with Crippen LogP contribution >= 0.6 is 0 Å². The van der Waals surface area contributed by atoms with Crippen molar-refractivity contribution in [1.29, 1.82) is 0 Å². The fourth-order valence-electron chi connectivity index (χ4n) is 1.41. The highest BCUT2D eigenvalue weighted by molar-refractivity contribution is 4.97. The lowest BCUT2D eigenvalue weighted by Gasteiger charge is -1.94. The average molecular weight is 222 g/mol. The Kier molecular flexibility index (Phi) is 3.31. The summed E-state index contributed by atoms with van der Waals surface area (Å²) in [4.78, 5) is 8.24. The Balaban J connectivity index is 2.02. The summed E-state index contributed by atoms with van der Waals surface area (Å²) in [6, 6.07) is 0. The maximum absolute atomic E-state index is 8.87. The summed E-state index contributed by atoms with van der Waals surface area (Å²) in [5, 5.41) is 12.7. The molecule has 2 aromatic heterocycles. The van der Waals surface area contributed by atoms with Crippen molar-refractivity contribution in [2.45, 2.75) is 32.9 Å². The Morgan fingerprint density at radius 3 is 3.06 bits per heavy atom. The number of hydrogen-bond acceptors (Lipinski definition) is 5. The third-order valence-corrected chi connectivity index (χ3v) is 2.15. The Morgan fingerprint density at radius 2 is 2.38 bits per heavy atom. The Labute approximate surface area is 92.9 Å². The standard InChI is InChI=1S/C10H14N4O2/c1-2-3-10-12-9(13-16-10)5-14-4-8(6-15)11-7-14/h4,7,15H,2-3,5-6H2,1H3. The van der Waals surface area contributed by atoms with Crippen molar-refractivity contribution in [3.05, 3.63) is 29.9 Å². The van der Waals surface area contributed by atoms with E-state index in [9.17, 15) is 0 Å². The van der Waals surface area contributed by atoms with Gasteiger partial charge in [0.25, 0.3) is 0 Å². The van der Waals surface area contributed by atoms with Crippen molar-refractivity contribution in [2.75, 3.05) is 0 Å². The van der Waals surface area contributed by atoms with Crippen molar-refractivity contribution in [3.63, 3.8) is 0 Å². The van der Waals surface area contributed by atoms with Gasteiger partial charge in [-0.25, -0.2) is 4.98 Å². The van der Waals surface area contributed by atoms with Gasteiger partial charge in [0.2, 0.25) is 5.89 Å². The Hall–Kier alpha value is -1.69. The molecule has 2 heterocycles. The fourth-order valence-corrected chi connectivity index (χ4v) is 1.41. The molecule has 16 heavy (non-hydrogen) atoms. The third-order valence-electron chi connectivity index (χ3n) is 2.15. The molecule has 0 aromatic carbocycles. The molecule has 0 fully saturated rings. The first-order valence-electron chi connectivity index (χ1n) is 5.24. The van der Waals surface area contributed by atoms with Gasteiger partial charge in [0.1, 0.15) is 0 Å². The minimum absolute atomic E-state index is 0.0552. The molecule has 6 nitrogen and oxygen atoms in total. The van der Waals surface area contributed by atoms with E-state index in [0.29, 0.717) is 24.0 Å². The lowest BCUT2D eigenvalue weighted by molar-refractivity contribution is 0.277. The summed E-state index contributed by atoms with van der Waals surface area (Å²) in [6.45, 7) is 2.52. The van der Waals surface area contributed by atoms with Gasteiger partial charge in [-0.2, -0.15) is 4.98 Å². The van der Waals surface area contributed by atoms with E-state index in [1.54, 1.807) is 12.5 Å². The van der Waals surface area contributed by atoms with E-state index in [1.807, 2.05) is 4.57 Å². The van der Waals surface area contributed by atoms with Crippen LogP contribution in [0.1, 0.15) is 30.8 Å². The zero-order chi connectivity index (χ0) is 11.4. The molecule has 0 aliphatic carbocycles. The molecule has 0 spiro atoms. The summed E-state index contributed by atoms with van der Waals surface area (Å²) in [5.74, 6) is 1.30. The van der Waals surface area contributed by atoms with Crippen molar-refractivity contribution in [1.82, 2.24) is 19.7 Å². The van der Waals surface area contributed by atoms with Crippen LogP contribution in [0.15, 0.2) is 17.0 Å². The van der Waals surface area contributed by atoms with E-state index < -0.39 is 0 Å². The quantitative estimate of drug-likeness (QED) is 0.808. The van der Waals surface area contributed by atoms with E-state index in [2.05, 4.69) is 22.0 Å². The summed E-state index contributed by atoms with van der Waals surface area (Å²) < 4.78 is 6.88. The monoisotopic (exact) mass is 222 g/mol. The van der Waals surface area contributed by atoms with Crippen molar-refractivity contribution < 1.29 is 9.63 Å². The van der Waals surface area contributed by atoms with E-state index in [0.717, 1.165) is 12.8 Å². The molecule has 2 aromatic rings. The van der Waals surface area contributed by atoms with Crippen LogP contribution < -0.4 is 0 Å². The van der Waals surface area contributed by atoms with Gasteiger partial charge in [0.15, 0.2) is 5.82 Å². The van der Waals surface area contributed by atoms with Gasteiger partial charge in [-0.15, -0.1) is 0 Å². The largest absolute Gasteiger partial charge is 0.390 e. The molecule has 86 valence electrons. The van der Waals surface area contributed by atoms with Gasteiger partial charge in [0, 0.05) is 12.6 Å². The van der Waals surface area contributed by atoms with Gasteiger partial charge < -0.3 is 14.2 Å². The van der Waals surface area contributed by atoms with Crippen LogP contribution in [0, 0.1) is 0 Å². The number of rotatable bonds is 5. The molecule has 0 aliphatic rings. The van der Waals surface area contributed by atoms with Gasteiger partial charge in [-0.1, -0.05) is 12.1 Å². The average Bonchev–Trinajstić information content (AvgIpc) is 2.89. The molecule has 0 saturated heterocycles. The smallest absolute Gasteiger partial charge is 0.226 e. The Bertz CT molecular complexity index is 449. The number of aromatic nitrogens is 4. The summed E-state index contributed by atoms with van der Waals surface area (Å²) in [6.07, 6.45) is 5.19. The number of nitrogens with zero attached hydrogens (tertiary/aromatic N) is 4. The fraction of sp³-hybridized carbons (Fsp3) is 0.500. The van der Waals surface area contributed by atoms with Gasteiger partial charge in [-0.3, -0.25) is 0 Å². The SMILES string of the molecule is CCCc1nc(Cn2cnc(CO)c2)no1. The molecule has 0 amide bonds. The second-order valence-electron chi connectivity index (χ2n) is 3.55. The van der Waals surface area contributed by atoms with Crippen molar-refractivity contribution in [3.8, 4) is 0 Å². The molecular weight excluding hydrogens is 208 g/mol. The Morgan fingerprint density at radius 1 is 1.50 bits per heavy atom. The number of aliphatic hydroxyl groups is 1. The number of imidazole rings is 1. The number of aliphatic hydroxyl groups excluding tert-OH is 1. The maximum atomic E-state index is 8.87. The molecule has 6 heteroatoms. The minimum atomic E-state index is -0.0552. The first-order chi connectivity index (χ1) is 7.81. The maximum Gasteiger partial charge on any atom is 0.226 e. The van der Waals surface area contributed by atoms with Crippen molar-refractivity contribution in [2.24, 2.45) is 0 Å². The van der Waals surface area contributed by atoms with Gasteiger partial charge in [-0.05, 0) is 6.42 Å². The summed E-state index contributed by atoms with van der Waals surface area (Å²) in [5.41, 5.74) is 0.636. The lowest BCUT2D eigenvalue weighted by Crippen LogP contribution is -1.98. The number of aryl methyl sites for hydroxylation is 1. The second kappa shape index (κ2) is 4.89. The topological polar surface area (TPSA) is 77.0 Å². The van der Waals surface area contributed by atoms with Crippen LogP contribution in [0.2, 0.25) is 0 Å². The summed E-state index contributed by atoms with van der Waals surface area (Å²) in [7, 11) is 0. The third kappa shape index (κ3) is 2.46. The molecule has 0 unspecified atom stereocenters. The van der Waals surface area contributed by atoms with Crippen LogP contribution in [0.25, 0.3) is 0 Å². The zero-order valence-corrected chi connectivity index (χ0v) is 9.13. The predicted octanol–water partition coefficient (Wildman–Crippen LogP) is 0.759. The van der Waals surface area contributed by atoms with Crippen LogP contribution in [-0.2, 0) is 19.6 Å². The molecule has 1 N–H and O–H groups in total. The first-order valence-corrected chi connectivity index (χ1v) is 5.24. The second-order valence-corrected chi connectivity index (χ2v) is 3.55. The highest BCUT2D eigenvalue weighted by Gasteiger charge is 2.06. The normalized spacial score (nSPS) is 10.9. The molecular formula is C10H14N4O2. The molecule has 0 saturated carbocycles. The van der Waals surface area contributed by atoms with Crippen molar-refractivity contribution >= 4 is 0 Å². The first kappa shape index (κ1) is 10.8. The summed E-state index contributed by atoms with van der Waals surface area (Å²) >= 11 is 0. The van der Waals surface area contributed by atoms with Crippen LogP contribution in [0.5, 0.6) is 0 Å². The molecule has 0 bridgehead atoms. The van der Waals surface area contributed by atoms with Crippen LogP contribution in [0.3, 0.4) is 0 Å². The molecule has 0 radical (unpaired) electrons. The van der Waals surface area contributed by atoms with E-state index in [-0.39, 0.29) is 6.61 Å². The van der Waals surface area contributed by atoms with E-state index >= 15 is 0 Å². The van der Waals surface area contributed by atoms with E-state index in [4.69, 9.17) is 9.63 Å². The molecule has 0 aliphatic heterocycles. The molecule has 2 rings (SSSR count). The number of hydrogen-bond donors (Lipinski definition) is 1.